The lowest BCUT2D eigenvalue weighted by atomic mass is 10.0. The largest absolute Gasteiger partial charge is 0.450 e. The summed E-state index contributed by atoms with van der Waals surface area (Å²) in [5.41, 5.74) is 0. The summed E-state index contributed by atoms with van der Waals surface area (Å²) >= 11 is 0. The summed E-state index contributed by atoms with van der Waals surface area (Å²) < 4.78 is 107. The van der Waals surface area contributed by atoms with Crippen molar-refractivity contribution in [2.45, 2.75) is 30.9 Å². The molecule has 0 aromatic heterocycles. The fraction of sp³-hybridized carbons (Fsp3) is 0.714. The SMILES string of the molecule is O=C(CC(=O)C(F)(F)C(F)C(F)(F)F)C(F)(F)F. The summed E-state index contributed by atoms with van der Waals surface area (Å²) in [4.78, 5) is 20.5. The first-order valence-electron chi connectivity index (χ1n) is 3.92. The summed E-state index contributed by atoms with van der Waals surface area (Å²) in [6, 6.07) is 0. The van der Waals surface area contributed by atoms with Gasteiger partial charge in [-0.2, -0.15) is 35.1 Å². The van der Waals surface area contributed by atoms with E-state index < -0.39 is 42.4 Å². The van der Waals surface area contributed by atoms with E-state index in [0.717, 1.165) is 0 Å². The lowest BCUT2D eigenvalue weighted by Crippen LogP contribution is -2.48. The second-order valence-corrected chi connectivity index (χ2v) is 3.05. The van der Waals surface area contributed by atoms with E-state index in [4.69, 9.17) is 0 Å². The van der Waals surface area contributed by atoms with Crippen LogP contribution in [0, 0.1) is 0 Å². The van der Waals surface area contributed by atoms with Crippen molar-refractivity contribution in [2.75, 3.05) is 0 Å². The van der Waals surface area contributed by atoms with Crippen molar-refractivity contribution in [3.8, 4) is 0 Å². The molecule has 0 aliphatic heterocycles. The molecule has 0 aliphatic rings. The number of carbonyl (C=O) groups excluding carboxylic acids is 2. The molecule has 0 saturated carbocycles. The minimum absolute atomic E-state index is 2.56. The molecular weight excluding hydrogens is 287 g/mol. The summed E-state index contributed by atoms with van der Waals surface area (Å²) in [7, 11) is 0. The Morgan fingerprint density at radius 1 is 0.833 bits per heavy atom. The van der Waals surface area contributed by atoms with E-state index in [1.807, 2.05) is 0 Å². The van der Waals surface area contributed by atoms with Crippen molar-refractivity contribution in [3.63, 3.8) is 0 Å². The number of hydrogen-bond donors (Lipinski definition) is 0. The van der Waals surface area contributed by atoms with Gasteiger partial charge in [-0.1, -0.05) is 0 Å². The molecule has 0 heterocycles. The van der Waals surface area contributed by atoms with Crippen molar-refractivity contribution >= 4 is 11.6 Å². The molecule has 1 atom stereocenters. The highest BCUT2D eigenvalue weighted by Gasteiger charge is 2.61. The number of Topliss-reactive ketones (excluding diaryl/α,β-unsaturated/α-hetero) is 2. The fourth-order valence-electron chi connectivity index (χ4n) is 0.711. The molecule has 0 spiro atoms. The first-order valence-corrected chi connectivity index (χ1v) is 3.92. The zero-order valence-electron chi connectivity index (χ0n) is 8.00. The van der Waals surface area contributed by atoms with Gasteiger partial charge in [0.1, 0.15) is 0 Å². The Morgan fingerprint density at radius 3 is 1.50 bits per heavy atom. The Morgan fingerprint density at radius 2 is 1.22 bits per heavy atom. The van der Waals surface area contributed by atoms with E-state index in [2.05, 4.69) is 0 Å². The Labute approximate surface area is 92.7 Å². The maximum atomic E-state index is 12.5. The molecular formula is C7H3F9O2. The third-order valence-electron chi connectivity index (χ3n) is 1.61. The summed E-state index contributed by atoms with van der Waals surface area (Å²) in [6.07, 6.45) is -19.3. The standard InChI is InChI=1S/C7H3F9O2/c8-4(7(14,15)16)5(9,10)2(17)1-3(18)6(11,12)13/h4H,1H2. The predicted molar refractivity (Wildman–Crippen MR) is 36.6 cm³/mol. The maximum absolute atomic E-state index is 12.5. The number of halogens is 9. The van der Waals surface area contributed by atoms with Gasteiger partial charge in [0.25, 0.3) is 6.17 Å². The maximum Gasteiger partial charge on any atom is 0.450 e. The summed E-state index contributed by atoms with van der Waals surface area (Å²) in [5.74, 6) is -11.8. The zero-order valence-corrected chi connectivity index (χ0v) is 8.00. The number of carbonyl (C=O) groups is 2. The predicted octanol–water partition coefficient (Wildman–Crippen LogP) is 2.61. The highest BCUT2D eigenvalue weighted by Crippen LogP contribution is 2.36. The van der Waals surface area contributed by atoms with Gasteiger partial charge in [-0.15, -0.1) is 0 Å². The molecule has 11 heteroatoms. The van der Waals surface area contributed by atoms with Crippen LogP contribution >= 0.6 is 0 Å². The highest BCUT2D eigenvalue weighted by molar-refractivity contribution is 6.04. The monoisotopic (exact) mass is 290 g/mol. The Kier molecular flexibility index (Phi) is 4.42. The Balaban J connectivity index is 4.95. The summed E-state index contributed by atoms with van der Waals surface area (Å²) in [5, 5.41) is 0. The molecule has 0 aromatic rings. The number of alkyl halides is 9. The molecule has 0 fully saturated rings. The van der Waals surface area contributed by atoms with E-state index in [-0.39, 0.29) is 0 Å². The average Bonchev–Trinajstić information content (AvgIpc) is 2.13. The van der Waals surface area contributed by atoms with Gasteiger partial charge in [0.05, 0.1) is 6.42 Å². The first-order chi connectivity index (χ1) is 7.70. The molecule has 1 unspecified atom stereocenters. The molecule has 106 valence electrons. The van der Waals surface area contributed by atoms with Gasteiger partial charge in [0, 0.05) is 0 Å². The zero-order chi connectivity index (χ0) is 14.9. The van der Waals surface area contributed by atoms with E-state index in [1.165, 1.54) is 0 Å². The Hall–Kier alpha value is -1.29. The number of hydrogen-bond acceptors (Lipinski definition) is 2. The Bertz CT molecular complexity index is 340. The van der Waals surface area contributed by atoms with Gasteiger partial charge in [-0.3, -0.25) is 9.59 Å². The van der Waals surface area contributed by atoms with Crippen LogP contribution in [0.2, 0.25) is 0 Å². The van der Waals surface area contributed by atoms with Crippen LogP contribution in [0.5, 0.6) is 0 Å². The van der Waals surface area contributed by atoms with Crippen LogP contribution in [0.15, 0.2) is 0 Å². The second kappa shape index (κ2) is 4.76. The van der Waals surface area contributed by atoms with Gasteiger partial charge in [-0.25, -0.2) is 4.39 Å². The molecule has 0 aliphatic carbocycles. The number of rotatable bonds is 4. The van der Waals surface area contributed by atoms with Crippen LogP contribution in [0.25, 0.3) is 0 Å². The third-order valence-corrected chi connectivity index (χ3v) is 1.61. The molecule has 0 bridgehead atoms. The van der Waals surface area contributed by atoms with Crippen molar-refractivity contribution in [2.24, 2.45) is 0 Å². The lowest BCUT2D eigenvalue weighted by molar-refractivity contribution is -0.240. The van der Waals surface area contributed by atoms with E-state index in [1.54, 1.807) is 0 Å². The van der Waals surface area contributed by atoms with Crippen LogP contribution in [-0.2, 0) is 9.59 Å². The first kappa shape index (κ1) is 16.7. The normalized spacial score (nSPS) is 15.4. The van der Waals surface area contributed by atoms with E-state index in [0.29, 0.717) is 0 Å². The van der Waals surface area contributed by atoms with Gasteiger partial charge < -0.3 is 0 Å². The number of ketones is 2. The van der Waals surface area contributed by atoms with Gasteiger partial charge in [0.15, 0.2) is 0 Å². The van der Waals surface area contributed by atoms with Crippen LogP contribution in [-0.4, -0.2) is 36.0 Å². The average molecular weight is 290 g/mol. The lowest BCUT2D eigenvalue weighted by Gasteiger charge is -2.21. The van der Waals surface area contributed by atoms with Gasteiger partial charge in [-0.05, 0) is 0 Å². The molecule has 18 heavy (non-hydrogen) atoms. The van der Waals surface area contributed by atoms with Crippen molar-refractivity contribution < 1.29 is 49.1 Å². The molecule has 0 radical (unpaired) electrons. The molecule has 0 N–H and O–H groups in total. The molecule has 0 amide bonds. The molecule has 0 aromatic carbocycles. The van der Waals surface area contributed by atoms with Crippen LogP contribution in [0.3, 0.4) is 0 Å². The third kappa shape index (κ3) is 3.88. The van der Waals surface area contributed by atoms with Gasteiger partial charge >= 0.3 is 18.3 Å². The molecule has 0 saturated heterocycles. The van der Waals surface area contributed by atoms with E-state index >= 15 is 0 Å². The van der Waals surface area contributed by atoms with Crippen LogP contribution in [0.4, 0.5) is 39.5 Å². The van der Waals surface area contributed by atoms with Crippen LogP contribution < -0.4 is 0 Å². The van der Waals surface area contributed by atoms with Gasteiger partial charge in [0.2, 0.25) is 11.6 Å². The highest BCUT2D eigenvalue weighted by atomic mass is 19.4. The van der Waals surface area contributed by atoms with E-state index in [9.17, 15) is 49.1 Å². The smallest absolute Gasteiger partial charge is 0.292 e. The molecule has 0 rings (SSSR count). The van der Waals surface area contributed by atoms with Crippen molar-refractivity contribution in [3.05, 3.63) is 0 Å². The summed E-state index contributed by atoms with van der Waals surface area (Å²) in [6.45, 7) is 0. The minimum atomic E-state index is -6.14. The van der Waals surface area contributed by atoms with Crippen LogP contribution in [0.1, 0.15) is 6.42 Å². The molecule has 2 nitrogen and oxygen atoms in total. The van der Waals surface area contributed by atoms with Crippen molar-refractivity contribution in [1.82, 2.24) is 0 Å². The quantitative estimate of drug-likeness (QED) is 0.589. The minimum Gasteiger partial charge on any atom is -0.292 e. The fourth-order valence-corrected chi connectivity index (χ4v) is 0.711. The topological polar surface area (TPSA) is 34.1 Å². The van der Waals surface area contributed by atoms with Crippen molar-refractivity contribution in [1.29, 1.82) is 0 Å². The second-order valence-electron chi connectivity index (χ2n) is 3.05.